The van der Waals surface area contributed by atoms with Gasteiger partial charge in [-0.05, 0) is 47.7 Å². The summed E-state index contributed by atoms with van der Waals surface area (Å²) < 4.78 is 0. The average Bonchev–Trinajstić information content (AvgIpc) is 2.99. The molecule has 0 radical (unpaired) electrons. The summed E-state index contributed by atoms with van der Waals surface area (Å²) in [5.41, 5.74) is 5.60. The number of carbonyl (C=O) groups is 2. The van der Waals surface area contributed by atoms with Crippen LogP contribution in [0.15, 0.2) is 83.9 Å². The maximum Gasteiger partial charge on any atom is 0.224 e. The van der Waals surface area contributed by atoms with E-state index in [-0.39, 0.29) is 17.6 Å². The zero-order valence-electron chi connectivity index (χ0n) is 19.8. The summed E-state index contributed by atoms with van der Waals surface area (Å²) in [5.74, 6) is -0.339. The van der Waals surface area contributed by atoms with Crippen LogP contribution in [-0.2, 0) is 9.59 Å². The van der Waals surface area contributed by atoms with Crippen molar-refractivity contribution >= 4 is 34.5 Å². The van der Waals surface area contributed by atoms with Gasteiger partial charge in [-0.1, -0.05) is 54.6 Å². The van der Waals surface area contributed by atoms with Gasteiger partial charge in [0.1, 0.15) is 5.78 Å². The number of aliphatic imine (C=N–C) groups is 1. The molecule has 5 rings (SSSR count). The second-order valence-electron chi connectivity index (χ2n) is 9.37. The molecule has 1 saturated carbocycles. The minimum absolute atomic E-state index is 0.0752. The predicted molar refractivity (Wildman–Crippen MR) is 137 cm³/mol. The second kappa shape index (κ2) is 8.90. The Labute approximate surface area is 200 Å². The molecule has 1 fully saturated rings. The Morgan fingerprint density at radius 2 is 1.56 bits per heavy atom. The molecule has 0 saturated heterocycles. The highest BCUT2D eigenvalue weighted by Gasteiger charge is 2.45. The van der Waals surface area contributed by atoms with Crippen molar-refractivity contribution in [2.75, 3.05) is 23.9 Å². The Hall–Kier alpha value is -3.73. The zero-order chi connectivity index (χ0) is 23.8. The Kier molecular flexibility index (Phi) is 5.78. The molecule has 0 bridgehead atoms. The number of benzene rings is 3. The second-order valence-corrected chi connectivity index (χ2v) is 9.37. The molecule has 1 unspecified atom stereocenters. The van der Waals surface area contributed by atoms with E-state index in [2.05, 4.69) is 29.2 Å². The van der Waals surface area contributed by atoms with E-state index in [0.29, 0.717) is 12.8 Å². The minimum Gasteiger partial charge on any atom is -0.378 e. The van der Waals surface area contributed by atoms with E-state index in [9.17, 15) is 9.59 Å². The van der Waals surface area contributed by atoms with Crippen molar-refractivity contribution < 1.29 is 9.59 Å². The number of para-hydroxylation sites is 2. The standard InChI is InChI=1S/C29H29N3O2/c1-19(33)32-26-12-8-7-11-24(26)30-25-17-22(20-13-15-23(16-14-20)31(2)3)18-27(34)28(25)29(32)21-9-5-4-6-10-21/h4-16,22,28-29H,17-18H2,1-3H3/t22-,28?,29-/m0/s1. The van der Waals surface area contributed by atoms with Crippen LogP contribution in [0.3, 0.4) is 0 Å². The number of rotatable bonds is 3. The van der Waals surface area contributed by atoms with Crippen LogP contribution in [0.2, 0.25) is 0 Å². The van der Waals surface area contributed by atoms with Crippen LogP contribution in [0, 0.1) is 5.92 Å². The van der Waals surface area contributed by atoms with Gasteiger partial charge in [-0.2, -0.15) is 0 Å². The van der Waals surface area contributed by atoms with Crippen molar-refractivity contribution in [1.82, 2.24) is 0 Å². The number of hydrogen-bond acceptors (Lipinski definition) is 4. The van der Waals surface area contributed by atoms with Gasteiger partial charge in [-0.3, -0.25) is 14.6 Å². The molecule has 1 aliphatic carbocycles. The topological polar surface area (TPSA) is 53.0 Å². The molecule has 1 aliphatic heterocycles. The van der Waals surface area contributed by atoms with Gasteiger partial charge in [0.25, 0.3) is 0 Å². The minimum atomic E-state index is -0.462. The highest BCUT2D eigenvalue weighted by Crippen LogP contribution is 2.47. The molecule has 34 heavy (non-hydrogen) atoms. The number of anilines is 2. The number of carbonyl (C=O) groups excluding carboxylic acids is 2. The molecule has 1 amide bonds. The van der Waals surface area contributed by atoms with Gasteiger partial charge in [-0.15, -0.1) is 0 Å². The van der Waals surface area contributed by atoms with Crippen molar-refractivity contribution in [1.29, 1.82) is 0 Å². The SMILES string of the molecule is CC(=O)N1c2ccccc2N=C2C[C@H](c3ccc(N(C)C)cc3)CC(=O)C2[C@@H]1c1ccccc1. The third kappa shape index (κ3) is 3.92. The van der Waals surface area contributed by atoms with Crippen LogP contribution in [0.1, 0.15) is 42.9 Å². The van der Waals surface area contributed by atoms with E-state index in [1.54, 1.807) is 11.8 Å². The molecule has 0 aromatic heterocycles. The quantitative estimate of drug-likeness (QED) is 0.514. The van der Waals surface area contributed by atoms with Gasteiger partial charge < -0.3 is 9.80 Å². The van der Waals surface area contributed by atoms with Crippen molar-refractivity contribution in [2.45, 2.75) is 31.7 Å². The zero-order valence-corrected chi connectivity index (χ0v) is 19.8. The Morgan fingerprint density at radius 1 is 0.882 bits per heavy atom. The van der Waals surface area contributed by atoms with Crippen LogP contribution in [-0.4, -0.2) is 31.5 Å². The van der Waals surface area contributed by atoms with Crippen molar-refractivity contribution in [3.63, 3.8) is 0 Å². The van der Waals surface area contributed by atoms with Gasteiger partial charge in [-0.25, -0.2) is 0 Å². The predicted octanol–water partition coefficient (Wildman–Crippen LogP) is 5.70. The fourth-order valence-corrected chi connectivity index (χ4v) is 5.33. The molecule has 2 aliphatic rings. The summed E-state index contributed by atoms with van der Waals surface area (Å²) in [6.07, 6.45) is 1.14. The lowest BCUT2D eigenvalue weighted by Gasteiger charge is -2.38. The molecule has 0 spiro atoms. The van der Waals surface area contributed by atoms with Gasteiger partial charge in [0.2, 0.25) is 5.91 Å². The third-order valence-electron chi connectivity index (χ3n) is 6.97. The molecule has 1 heterocycles. The highest BCUT2D eigenvalue weighted by molar-refractivity contribution is 6.13. The Morgan fingerprint density at radius 3 is 2.24 bits per heavy atom. The maximum absolute atomic E-state index is 13.8. The summed E-state index contributed by atoms with van der Waals surface area (Å²) >= 11 is 0. The van der Waals surface area contributed by atoms with Gasteiger partial charge in [0.15, 0.2) is 0 Å². The first-order chi connectivity index (χ1) is 16.4. The van der Waals surface area contributed by atoms with E-state index in [4.69, 9.17) is 4.99 Å². The lowest BCUT2D eigenvalue weighted by molar-refractivity contribution is -0.123. The van der Waals surface area contributed by atoms with E-state index in [1.165, 1.54) is 0 Å². The van der Waals surface area contributed by atoms with Gasteiger partial charge in [0, 0.05) is 38.8 Å². The molecule has 5 heteroatoms. The Balaban J connectivity index is 1.61. The summed E-state index contributed by atoms with van der Waals surface area (Å²) in [4.78, 5) is 35.7. The number of nitrogens with zero attached hydrogens (tertiary/aromatic N) is 3. The molecular weight excluding hydrogens is 422 g/mol. The molecule has 5 nitrogen and oxygen atoms in total. The first-order valence-corrected chi connectivity index (χ1v) is 11.7. The molecular formula is C29H29N3O2. The monoisotopic (exact) mass is 451 g/mol. The van der Waals surface area contributed by atoms with Crippen molar-refractivity contribution in [3.8, 4) is 0 Å². The molecule has 3 aromatic rings. The smallest absolute Gasteiger partial charge is 0.224 e. The largest absolute Gasteiger partial charge is 0.378 e. The highest BCUT2D eigenvalue weighted by atomic mass is 16.2. The summed E-state index contributed by atoms with van der Waals surface area (Å²) in [6.45, 7) is 1.57. The Bertz CT molecular complexity index is 1250. The molecule has 3 atom stereocenters. The van der Waals surface area contributed by atoms with Crippen LogP contribution in [0.5, 0.6) is 0 Å². The fraction of sp³-hybridized carbons (Fsp3) is 0.276. The normalized spacial score (nSPS) is 21.7. The molecule has 172 valence electrons. The summed E-state index contributed by atoms with van der Waals surface area (Å²) in [6, 6.07) is 25.6. The van der Waals surface area contributed by atoms with E-state index in [0.717, 1.165) is 33.9 Å². The van der Waals surface area contributed by atoms with Crippen LogP contribution >= 0.6 is 0 Å². The van der Waals surface area contributed by atoms with Crippen LogP contribution in [0.4, 0.5) is 17.1 Å². The molecule has 3 aromatic carbocycles. The number of Topliss-reactive ketones (excluding diaryl/α,β-unsaturated/α-hetero) is 1. The number of ketones is 1. The lowest BCUT2D eigenvalue weighted by Crippen LogP contribution is -2.45. The van der Waals surface area contributed by atoms with E-state index >= 15 is 0 Å². The number of hydrogen-bond donors (Lipinski definition) is 0. The van der Waals surface area contributed by atoms with Crippen molar-refractivity contribution in [2.24, 2.45) is 10.9 Å². The first-order valence-electron chi connectivity index (χ1n) is 11.7. The first kappa shape index (κ1) is 22.1. The van der Waals surface area contributed by atoms with Gasteiger partial charge in [0.05, 0.1) is 23.3 Å². The van der Waals surface area contributed by atoms with Gasteiger partial charge >= 0.3 is 0 Å². The number of amides is 1. The van der Waals surface area contributed by atoms with Crippen molar-refractivity contribution in [3.05, 3.63) is 90.0 Å². The van der Waals surface area contributed by atoms with E-state index in [1.807, 2.05) is 68.7 Å². The summed E-state index contributed by atoms with van der Waals surface area (Å²) in [5, 5.41) is 0. The van der Waals surface area contributed by atoms with E-state index < -0.39 is 12.0 Å². The third-order valence-corrected chi connectivity index (χ3v) is 6.97. The number of fused-ring (bicyclic) bond motifs is 2. The lowest BCUT2D eigenvalue weighted by atomic mass is 9.72. The fourth-order valence-electron chi connectivity index (χ4n) is 5.33. The van der Waals surface area contributed by atoms with Crippen LogP contribution < -0.4 is 9.80 Å². The maximum atomic E-state index is 13.8. The van der Waals surface area contributed by atoms with Crippen LogP contribution in [0.25, 0.3) is 0 Å². The summed E-state index contributed by atoms with van der Waals surface area (Å²) in [7, 11) is 4.04. The average molecular weight is 452 g/mol. The molecule has 0 N–H and O–H groups in total.